The van der Waals surface area contributed by atoms with E-state index in [2.05, 4.69) is 10.6 Å². The van der Waals surface area contributed by atoms with Crippen LogP contribution in [-0.4, -0.2) is 38.7 Å². The van der Waals surface area contributed by atoms with Crippen LogP contribution < -0.4 is 25.0 Å². The highest BCUT2D eigenvalue weighted by Crippen LogP contribution is 2.28. The number of benzene rings is 2. The Morgan fingerprint density at radius 2 is 1.74 bits per heavy atom. The molecule has 27 heavy (non-hydrogen) atoms. The number of anilines is 2. The van der Waals surface area contributed by atoms with Crippen molar-refractivity contribution in [2.45, 2.75) is 19.4 Å². The molecule has 1 aliphatic heterocycles. The Balaban J connectivity index is 1.63. The van der Waals surface area contributed by atoms with Gasteiger partial charge in [-0.3, -0.25) is 4.79 Å². The van der Waals surface area contributed by atoms with Crippen LogP contribution in [0.2, 0.25) is 0 Å². The molecule has 0 saturated carbocycles. The van der Waals surface area contributed by atoms with Crippen LogP contribution in [0.1, 0.15) is 12.5 Å². The summed E-state index contributed by atoms with van der Waals surface area (Å²) in [6.45, 7) is 2.30. The highest BCUT2D eigenvalue weighted by atomic mass is 16.5. The minimum Gasteiger partial charge on any atom is -0.497 e. The summed E-state index contributed by atoms with van der Waals surface area (Å²) in [5.41, 5.74) is 2.56. The molecule has 0 unspecified atom stereocenters. The van der Waals surface area contributed by atoms with Crippen LogP contribution in [0.15, 0.2) is 42.5 Å². The quantitative estimate of drug-likeness (QED) is 0.849. The van der Waals surface area contributed by atoms with Gasteiger partial charge in [0.2, 0.25) is 5.91 Å². The minimum absolute atomic E-state index is 0.140. The van der Waals surface area contributed by atoms with Gasteiger partial charge in [0.05, 0.1) is 14.2 Å². The van der Waals surface area contributed by atoms with E-state index in [0.717, 1.165) is 17.7 Å². The van der Waals surface area contributed by atoms with Crippen LogP contribution in [0.3, 0.4) is 0 Å². The minimum atomic E-state index is -0.663. The number of nitrogens with one attached hydrogen (secondary N) is 2. The Morgan fingerprint density at radius 1 is 1.07 bits per heavy atom. The average molecular weight is 369 g/mol. The Labute approximate surface area is 158 Å². The summed E-state index contributed by atoms with van der Waals surface area (Å²) >= 11 is 0. The third kappa shape index (κ3) is 4.13. The van der Waals surface area contributed by atoms with E-state index in [9.17, 15) is 9.59 Å². The standard InChI is InChI=1S/C20H23N3O4/c1-13(19(24)23-9-8-14-6-4-5-7-18(14)23)21-20(25)22-15-10-16(26-2)12-17(11-15)27-3/h4-7,10-13H,8-9H2,1-3H3,(H2,21,22,25)/t13-/m1/s1. The molecular weight excluding hydrogens is 346 g/mol. The van der Waals surface area contributed by atoms with Crippen molar-refractivity contribution in [2.24, 2.45) is 0 Å². The van der Waals surface area contributed by atoms with Crippen LogP contribution in [0.5, 0.6) is 11.5 Å². The lowest BCUT2D eigenvalue weighted by Gasteiger charge is -2.22. The summed E-state index contributed by atoms with van der Waals surface area (Å²) in [5.74, 6) is 0.975. The number of hydrogen-bond acceptors (Lipinski definition) is 4. The number of methoxy groups -OCH3 is 2. The molecule has 0 aromatic heterocycles. The molecule has 142 valence electrons. The van der Waals surface area contributed by atoms with Crippen molar-refractivity contribution in [3.8, 4) is 11.5 Å². The van der Waals surface area contributed by atoms with Crippen molar-refractivity contribution in [2.75, 3.05) is 31.0 Å². The number of rotatable bonds is 5. The second-order valence-corrected chi connectivity index (χ2v) is 6.29. The van der Waals surface area contributed by atoms with Crippen LogP contribution in [0.25, 0.3) is 0 Å². The van der Waals surface area contributed by atoms with Crippen molar-refractivity contribution in [3.63, 3.8) is 0 Å². The molecule has 7 heteroatoms. The van der Waals surface area contributed by atoms with Crippen molar-refractivity contribution in [1.29, 1.82) is 0 Å². The smallest absolute Gasteiger partial charge is 0.319 e. The molecule has 1 aliphatic rings. The topological polar surface area (TPSA) is 79.9 Å². The van der Waals surface area contributed by atoms with E-state index in [1.54, 1.807) is 30.0 Å². The number of hydrogen-bond donors (Lipinski definition) is 2. The van der Waals surface area contributed by atoms with Crippen molar-refractivity contribution in [3.05, 3.63) is 48.0 Å². The molecule has 2 aromatic carbocycles. The van der Waals surface area contributed by atoms with Gasteiger partial charge in [0.1, 0.15) is 17.5 Å². The first-order chi connectivity index (χ1) is 13.0. The number of ether oxygens (including phenoxy) is 2. The monoisotopic (exact) mass is 369 g/mol. The van der Waals surface area contributed by atoms with Crippen LogP contribution in [0, 0.1) is 0 Å². The molecule has 2 N–H and O–H groups in total. The summed E-state index contributed by atoms with van der Waals surface area (Å²) in [6.07, 6.45) is 0.824. The Kier molecular flexibility index (Phi) is 5.49. The Bertz CT molecular complexity index is 831. The van der Waals surface area contributed by atoms with E-state index in [-0.39, 0.29) is 5.91 Å². The first-order valence-corrected chi connectivity index (χ1v) is 8.71. The SMILES string of the molecule is COc1cc(NC(=O)N[C@H](C)C(=O)N2CCc3ccccc32)cc(OC)c1. The van der Waals surface area contributed by atoms with Gasteiger partial charge in [-0.25, -0.2) is 4.79 Å². The molecule has 0 radical (unpaired) electrons. The largest absolute Gasteiger partial charge is 0.497 e. The Morgan fingerprint density at radius 3 is 2.41 bits per heavy atom. The van der Waals surface area contributed by atoms with E-state index in [1.165, 1.54) is 14.2 Å². The van der Waals surface area contributed by atoms with Gasteiger partial charge in [0.15, 0.2) is 0 Å². The molecule has 0 bridgehead atoms. The first kappa shape index (κ1) is 18.6. The third-order valence-electron chi connectivity index (χ3n) is 4.48. The van der Waals surface area contributed by atoms with Gasteiger partial charge in [-0.05, 0) is 25.0 Å². The Hall–Kier alpha value is -3.22. The highest BCUT2D eigenvalue weighted by molar-refractivity contribution is 6.01. The fourth-order valence-electron chi connectivity index (χ4n) is 3.11. The zero-order chi connectivity index (χ0) is 19.4. The predicted molar refractivity (Wildman–Crippen MR) is 104 cm³/mol. The van der Waals surface area contributed by atoms with Crippen molar-refractivity contribution >= 4 is 23.3 Å². The maximum Gasteiger partial charge on any atom is 0.319 e. The number of fused-ring (bicyclic) bond motifs is 1. The van der Waals surface area contributed by atoms with Gasteiger partial charge in [0.25, 0.3) is 0 Å². The van der Waals surface area contributed by atoms with Gasteiger partial charge in [0, 0.05) is 36.1 Å². The van der Waals surface area contributed by atoms with E-state index in [1.807, 2.05) is 24.3 Å². The molecule has 7 nitrogen and oxygen atoms in total. The summed E-state index contributed by atoms with van der Waals surface area (Å²) in [6, 6.07) is 11.7. The highest BCUT2D eigenvalue weighted by Gasteiger charge is 2.28. The maximum absolute atomic E-state index is 12.7. The number of nitrogens with zero attached hydrogens (tertiary/aromatic N) is 1. The van der Waals surface area contributed by atoms with Gasteiger partial charge in [-0.2, -0.15) is 0 Å². The van der Waals surface area contributed by atoms with Crippen LogP contribution >= 0.6 is 0 Å². The lowest BCUT2D eigenvalue weighted by molar-refractivity contribution is -0.119. The molecule has 1 atom stereocenters. The number of carbonyl (C=O) groups is 2. The van der Waals surface area contributed by atoms with E-state index in [0.29, 0.717) is 23.7 Å². The first-order valence-electron chi connectivity index (χ1n) is 8.71. The fraction of sp³-hybridized carbons (Fsp3) is 0.300. The molecule has 0 aliphatic carbocycles. The second-order valence-electron chi connectivity index (χ2n) is 6.29. The van der Waals surface area contributed by atoms with Gasteiger partial charge < -0.3 is 25.0 Å². The van der Waals surface area contributed by atoms with E-state index >= 15 is 0 Å². The number of urea groups is 1. The lowest BCUT2D eigenvalue weighted by atomic mass is 10.2. The molecule has 3 amide bonds. The van der Waals surface area contributed by atoms with Gasteiger partial charge >= 0.3 is 6.03 Å². The summed E-state index contributed by atoms with van der Waals surface area (Å²) in [5, 5.41) is 5.39. The summed E-state index contributed by atoms with van der Waals surface area (Å²) < 4.78 is 10.4. The second kappa shape index (κ2) is 7.99. The van der Waals surface area contributed by atoms with Crippen molar-refractivity contribution in [1.82, 2.24) is 5.32 Å². The molecule has 3 rings (SSSR count). The zero-order valence-electron chi connectivity index (χ0n) is 15.6. The lowest BCUT2D eigenvalue weighted by Crippen LogP contribution is -2.47. The van der Waals surface area contributed by atoms with Crippen LogP contribution in [-0.2, 0) is 11.2 Å². The molecule has 0 saturated heterocycles. The third-order valence-corrected chi connectivity index (χ3v) is 4.48. The number of carbonyl (C=O) groups excluding carboxylic acids is 2. The summed E-state index contributed by atoms with van der Waals surface area (Å²) in [4.78, 5) is 26.8. The van der Waals surface area contributed by atoms with E-state index < -0.39 is 12.1 Å². The maximum atomic E-state index is 12.7. The number of para-hydroxylation sites is 1. The predicted octanol–water partition coefficient (Wildman–Crippen LogP) is 2.80. The average Bonchev–Trinajstić information content (AvgIpc) is 3.10. The van der Waals surface area contributed by atoms with Gasteiger partial charge in [-0.15, -0.1) is 0 Å². The van der Waals surface area contributed by atoms with E-state index in [4.69, 9.17) is 9.47 Å². The molecule has 0 spiro atoms. The fourth-order valence-corrected chi connectivity index (χ4v) is 3.11. The molecule has 1 heterocycles. The van der Waals surface area contributed by atoms with Crippen LogP contribution in [0.4, 0.5) is 16.2 Å². The molecule has 2 aromatic rings. The van der Waals surface area contributed by atoms with Gasteiger partial charge in [-0.1, -0.05) is 18.2 Å². The molecular formula is C20H23N3O4. The number of amides is 3. The zero-order valence-corrected chi connectivity index (χ0v) is 15.6. The van der Waals surface area contributed by atoms with Crippen molar-refractivity contribution < 1.29 is 19.1 Å². The summed E-state index contributed by atoms with van der Waals surface area (Å²) in [7, 11) is 3.07. The normalized spacial score (nSPS) is 13.5. The molecule has 0 fully saturated rings.